The minimum Gasteiger partial charge on any atom is -0.341 e. The van der Waals surface area contributed by atoms with E-state index in [1.54, 1.807) is 0 Å². The standard InChI is InChI=1S/C14H27N3O/c1-4-14(7-8-15-11-14)13(18)17(3)12-6-5-9-16(2)10-12/h12,15H,4-11H2,1-3H3. The Morgan fingerprint density at radius 2 is 2.33 bits per heavy atom. The summed E-state index contributed by atoms with van der Waals surface area (Å²) in [6.45, 7) is 6.17. The van der Waals surface area contributed by atoms with Crippen LogP contribution in [-0.4, -0.2) is 62.0 Å². The van der Waals surface area contributed by atoms with Crippen LogP contribution in [0.5, 0.6) is 0 Å². The SMILES string of the molecule is CCC1(C(=O)N(C)C2CCCN(C)C2)CCNC1. The van der Waals surface area contributed by atoms with Crippen molar-refractivity contribution in [1.29, 1.82) is 0 Å². The maximum atomic E-state index is 12.8. The number of likely N-dealkylation sites (N-methyl/N-ethyl adjacent to an activating group) is 2. The minimum absolute atomic E-state index is 0.134. The van der Waals surface area contributed by atoms with Crippen molar-refractivity contribution in [1.82, 2.24) is 15.1 Å². The Bertz CT molecular complexity index is 299. The molecule has 2 heterocycles. The van der Waals surface area contributed by atoms with Gasteiger partial charge in [-0.1, -0.05) is 6.92 Å². The molecule has 2 unspecified atom stereocenters. The number of hydrogen-bond acceptors (Lipinski definition) is 3. The van der Waals surface area contributed by atoms with E-state index in [-0.39, 0.29) is 5.41 Å². The molecule has 1 amide bonds. The van der Waals surface area contributed by atoms with Crippen molar-refractivity contribution in [3.63, 3.8) is 0 Å². The fourth-order valence-electron chi connectivity index (χ4n) is 3.37. The summed E-state index contributed by atoms with van der Waals surface area (Å²) in [6.07, 6.45) is 4.30. The van der Waals surface area contributed by atoms with E-state index in [0.717, 1.165) is 38.9 Å². The van der Waals surface area contributed by atoms with Crippen molar-refractivity contribution < 1.29 is 4.79 Å². The first kappa shape index (κ1) is 13.8. The van der Waals surface area contributed by atoms with Gasteiger partial charge < -0.3 is 15.1 Å². The molecule has 0 saturated carbocycles. The van der Waals surface area contributed by atoms with Gasteiger partial charge in [0, 0.05) is 26.2 Å². The highest BCUT2D eigenvalue weighted by molar-refractivity contribution is 5.83. The zero-order chi connectivity index (χ0) is 13.2. The van der Waals surface area contributed by atoms with Crippen molar-refractivity contribution in [3.8, 4) is 0 Å². The summed E-state index contributed by atoms with van der Waals surface area (Å²) in [6, 6.07) is 0.403. The molecule has 2 aliphatic rings. The topological polar surface area (TPSA) is 35.6 Å². The van der Waals surface area contributed by atoms with Crippen LogP contribution >= 0.6 is 0 Å². The average molecular weight is 253 g/mol. The Balaban J connectivity index is 2.03. The van der Waals surface area contributed by atoms with E-state index in [1.165, 1.54) is 13.0 Å². The number of piperidine rings is 1. The molecule has 4 nitrogen and oxygen atoms in total. The third-order valence-corrected chi connectivity index (χ3v) is 4.84. The van der Waals surface area contributed by atoms with Gasteiger partial charge in [-0.15, -0.1) is 0 Å². The molecule has 0 spiro atoms. The van der Waals surface area contributed by atoms with Gasteiger partial charge in [0.15, 0.2) is 0 Å². The third-order valence-electron chi connectivity index (χ3n) is 4.84. The highest BCUT2D eigenvalue weighted by Gasteiger charge is 2.42. The maximum absolute atomic E-state index is 12.8. The fraction of sp³-hybridized carbons (Fsp3) is 0.929. The molecule has 2 fully saturated rings. The van der Waals surface area contributed by atoms with Crippen molar-refractivity contribution in [2.24, 2.45) is 5.41 Å². The van der Waals surface area contributed by atoms with Crippen LogP contribution in [0.25, 0.3) is 0 Å². The van der Waals surface area contributed by atoms with E-state index in [2.05, 4.69) is 24.2 Å². The van der Waals surface area contributed by atoms with E-state index < -0.39 is 0 Å². The second kappa shape index (κ2) is 5.57. The van der Waals surface area contributed by atoms with Crippen LogP contribution in [0.15, 0.2) is 0 Å². The van der Waals surface area contributed by atoms with Gasteiger partial charge >= 0.3 is 0 Å². The second-order valence-electron chi connectivity index (χ2n) is 6.04. The lowest BCUT2D eigenvalue weighted by atomic mass is 9.82. The lowest BCUT2D eigenvalue weighted by Crippen LogP contribution is -2.52. The molecule has 104 valence electrons. The molecule has 0 aliphatic carbocycles. The Morgan fingerprint density at radius 3 is 2.89 bits per heavy atom. The van der Waals surface area contributed by atoms with Gasteiger partial charge in [0.05, 0.1) is 5.41 Å². The highest BCUT2D eigenvalue weighted by Crippen LogP contribution is 2.32. The molecule has 0 aromatic heterocycles. The average Bonchev–Trinajstić information content (AvgIpc) is 2.87. The third kappa shape index (κ3) is 2.54. The fourth-order valence-corrected chi connectivity index (χ4v) is 3.37. The van der Waals surface area contributed by atoms with E-state index in [4.69, 9.17) is 0 Å². The molecular weight excluding hydrogens is 226 g/mol. The first-order valence-corrected chi connectivity index (χ1v) is 7.25. The van der Waals surface area contributed by atoms with E-state index >= 15 is 0 Å². The predicted octanol–water partition coefficient (Wildman–Crippen LogP) is 0.929. The predicted molar refractivity (Wildman–Crippen MR) is 73.5 cm³/mol. The molecule has 2 saturated heterocycles. The first-order valence-electron chi connectivity index (χ1n) is 7.25. The summed E-state index contributed by atoms with van der Waals surface area (Å²) in [5, 5.41) is 3.35. The molecule has 0 aromatic rings. The zero-order valence-corrected chi connectivity index (χ0v) is 12.0. The molecule has 1 N–H and O–H groups in total. The van der Waals surface area contributed by atoms with Crippen molar-refractivity contribution in [2.75, 3.05) is 40.3 Å². The number of nitrogens with zero attached hydrogens (tertiary/aromatic N) is 2. The number of nitrogens with one attached hydrogen (secondary N) is 1. The lowest BCUT2D eigenvalue weighted by Gasteiger charge is -2.40. The van der Waals surface area contributed by atoms with Crippen LogP contribution in [0.3, 0.4) is 0 Å². The van der Waals surface area contributed by atoms with Crippen molar-refractivity contribution >= 4 is 5.91 Å². The molecule has 0 aromatic carbocycles. The number of carbonyl (C=O) groups excluding carboxylic acids is 1. The van der Waals surface area contributed by atoms with E-state index in [1.807, 2.05) is 11.9 Å². The van der Waals surface area contributed by atoms with Gasteiger partial charge in [-0.05, 0) is 45.8 Å². The lowest BCUT2D eigenvalue weighted by molar-refractivity contribution is -0.143. The molecule has 2 rings (SSSR count). The Hall–Kier alpha value is -0.610. The summed E-state index contributed by atoms with van der Waals surface area (Å²) in [5.74, 6) is 0.357. The quantitative estimate of drug-likeness (QED) is 0.813. The van der Waals surface area contributed by atoms with E-state index in [0.29, 0.717) is 11.9 Å². The van der Waals surface area contributed by atoms with Crippen LogP contribution in [-0.2, 0) is 4.79 Å². The van der Waals surface area contributed by atoms with Gasteiger partial charge in [0.25, 0.3) is 0 Å². The molecule has 2 atom stereocenters. The largest absolute Gasteiger partial charge is 0.341 e. The monoisotopic (exact) mass is 253 g/mol. The molecule has 4 heteroatoms. The van der Waals surface area contributed by atoms with Gasteiger partial charge in [-0.3, -0.25) is 4.79 Å². The summed E-state index contributed by atoms with van der Waals surface area (Å²) in [4.78, 5) is 17.1. The summed E-state index contributed by atoms with van der Waals surface area (Å²) >= 11 is 0. The van der Waals surface area contributed by atoms with Gasteiger partial charge in [-0.2, -0.15) is 0 Å². The Kier molecular flexibility index (Phi) is 4.28. The smallest absolute Gasteiger partial charge is 0.230 e. The van der Waals surface area contributed by atoms with Crippen LogP contribution in [0.1, 0.15) is 32.6 Å². The summed E-state index contributed by atoms with van der Waals surface area (Å²) in [5.41, 5.74) is -0.134. The number of rotatable bonds is 3. The van der Waals surface area contributed by atoms with Gasteiger partial charge in [0.1, 0.15) is 0 Å². The molecule has 0 radical (unpaired) electrons. The normalized spacial score (nSPS) is 33.6. The minimum atomic E-state index is -0.134. The Morgan fingerprint density at radius 1 is 1.56 bits per heavy atom. The maximum Gasteiger partial charge on any atom is 0.230 e. The van der Waals surface area contributed by atoms with Crippen molar-refractivity contribution in [2.45, 2.75) is 38.6 Å². The van der Waals surface area contributed by atoms with Crippen LogP contribution in [0.4, 0.5) is 0 Å². The van der Waals surface area contributed by atoms with E-state index in [9.17, 15) is 4.79 Å². The van der Waals surface area contributed by atoms with Gasteiger partial charge in [0.2, 0.25) is 5.91 Å². The molecular formula is C14H27N3O. The summed E-state index contributed by atoms with van der Waals surface area (Å²) < 4.78 is 0. The van der Waals surface area contributed by atoms with Crippen LogP contribution < -0.4 is 5.32 Å². The van der Waals surface area contributed by atoms with Gasteiger partial charge in [-0.25, -0.2) is 0 Å². The summed E-state index contributed by atoms with van der Waals surface area (Å²) in [7, 11) is 4.15. The molecule has 18 heavy (non-hydrogen) atoms. The van der Waals surface area contributed by atoms with Crippen molar-refractivity contribution in [3.05, 3.63) is 0 Å². The second-order valence-corrected chi connectivity index (χ2v) is 6.04. The number of carbonyl (C=O) groups is 1. The highest BCUT2D eigenvalue weighted by atomic mass is 16.2. The zero-order valence-electron chi connectivity index (χ0n) is 12.0. The first-order chi connectivity index (χ1) is 8.59. The number of amides is 1. The van der Waals surface area contributed by atoms with Crippen LogP contribution in [0.2, 0.25) is 0 Å². The van der Waals surface area contributed by atoms with Crippen LogP contribution in [0, 0.1) is 5.41 Å². The number of likely N-dealkylation sites (tertiary alicyclic amines) is 1. The molecule has 0 bridgehead atoms. The molecule has 2 aliphatic heterocycles. The number of hydrogen-bond donors (Lipinski definition) is 1. The Labute approximate surface area is 111 Å².